The molecule has 0 aliphatic heterocycles. The van der Waals surface area contributed by atoms with Gasteiger partial charge in [0.25, 0.3) is 0 Å². The summed E-state index contributed by atoms with van der Waals surface area (Å²) >= 11 is 5.59. The van der Waals surface area contributed by atoms with Crippen LogP contribution in [0.15, 0.2) is 47.5 Å². The molecule has 0 saturated carbocycles. The van der Waals surface area contributed by atoms with Gasteiger partial charge in [0, 0.05) is 12.7 Å². The van der Waals surface area contributed by atoms with E-state index in [4.69, 9.17) is 11.6 Å². The predicted octanol–water partition coefficient (Wildman–Crippen LogP) is 3.15. The Labute approximate surface area is 141 Å². The number of alkyl halides is 3. The smallest absolute Gasteiger partial charge is 0.422 e. The molecule has 0 bridgehead atoms. The van der Waals surface area contributed by atoms with E-state index >= 15 is 0 Å². The van der Waals surface area contributed by atoms with Crippen molar-refractivity contribution in [3.05, 3.63) is 53.3 Å². The Morgan fingerprint density at radius 1 is 1.12 bits per heavy atom. The molecule has 1 N–H and O–H groups in total. The first kappa shape index (κ1) is 18.5. The lowest BCUT2D eigenvalue weighted by Crippen LogP contribution is -2.23. The van der Waals surface area contributed by atoms with Crippen molar-refractivity contribution in [3.8, 4) is 5.75 Å². The van der Waals surface area contributed by atoms with Crippen LogP contribution >= 0.6 is 11.6 Å². The largest absolute Gasteiger partial charge is 0.484 e. The highest BCUT2D eigenvalue weighted by atomic mass is 35.5. The summed E-state index contributed by atoms with van der Waals surface area (Å²) in [6.45, 7) is -1.42. The summed E-state index contributed by atoms with van der Waals surface area (Å²) in [5.74, 6) is 0.0424. The van der Waals surface area contributed by atoms with Crippen LogP contribution in [-0.2, 0) is 16.6 Å². The Morgan fingerprint density at radius 3 is 2.33 bits per heavy atom. The third kappa shape index (κ3) is 5.66. The third-order valence-electron chi connectivity index (χ3n) is 2.80. The minimum absolute atomic E-state index is 0.0372. The summed E-state index contributed by atoms with van der Waals surface area (Å²) in [6, 6.07) is 8.26. The molecule has 2 rings (SSSR count). The molecule has 0 aliphatic rings. The van der Waals surface area contributed by atoms with Crippen molar-refractivity contribution < 1.29 is 26.3 Å². The van der Waals surface area contributed by atoms with Crippen molar-refractivity contribution >= 4 is 21.6 Å². The van der Waals surface area contributed by atoms with E-state index in [2.05, 4.69) is 14.4 Å². The molecule has 0 saturated heterocycles. The van der Waals surface area contributed by atoms with Crippen LogP contribution in [0.3, 0.4) is 0 Å². The lowest BCUT2D eigenvalue weighted by Gasteiger charge is -2.10. The van der Waals surface area contributed by atoms with Gasteiger partial charge in [0.15, 0.2) is 6.61 Å². The van der Waals surface area contributed by atoms with Crippen LogP contribution in [0, 0.1) is 0 Å². The average molecular weight is 381 g/mol. The van der Waals surface area contributed by atoms with Gasteiger partial charge in [0.05, 0.1) is 0 Å². The van der Waals surface area contributed by atoms with Crippen LogP contribution in [0.1, 0.15) is 5.56 Å². The number of benzene rings is 1. The topological polar surface area (TPSA) is 68.3 Å². The minimum Gasteiger partial charge on any atom is -0.484 e. The van der Waals surface area contributed by atoms with Crippen molar-refractivity contribution in [2.24, 2.45) is 0 Å². The highest BCUT2D eigenvalue weighted by Crippen LogP contribution is 2.19. The molecule has 0 unspecified atom stereocenters. The number of sulfonamides is 1. The van der Waals surface area contributed by atoms with Crippen molar-refractivity contribution in [1.29, 1.82) is 0 Å². The van der Waals surface area contributed by atoms with Crippen molar-refractivity contribution in [2.45, 2.75) is 17.6 Å². The van der Waals surface area contributed by atoms with E-state index in [1.807, 2.05) is 0 Å². The summed E-state index contributed by atoms with van der Waals surface area (Å²) in [7, 11) is -3.77. The Kier molecular flexibility index (Phi) is 5.68. The number of ether oxygens (including phenoxy) is 1. The first-order valence-corrected chi connectivity index (χ1v) is 8.41. The van der Waals surface area contributed by atoms with Gasteiger partial charge in [-0.3, -0.25) is 0 Å². The highest BCUT2D eigenvalue weighted by Gasteiger charge is 2.28. The van der Waals surface area contributed by atoms with Gasteiger partial charge in [0.2, 0.25) is 10.0 Å². The second-order valence-corrected chi connectivity index (χ2v) is 6.84. The average Bonchev–Trinajstić information content (AvgIpc) is 2.52. The van der Waals surface area contributed by atoms with Gasteiger partial charge >= 0.3 is 6.18 Å². The number of hydrogen-bond acceptors (Lipinski definition) is 4. The van der Waals surface area contributed by atoms with Crippen molar-refractivity contribution in [2.75, 3.05) is 6.61 Å². The zero-order chi connectivity index (χ0) is 17.8. The Hall–Kier alpha value is -1.84. The van der Waals surface area contributed by atoms with Gasteiger partial charge in [-0.15, -0.1) is 0 Å². The van der Waals surface area contributed by atoms with Gasteiger partial charge in [0.1, 0.15) is 15.8 Å². The second-order valence-electron chi connectivity index (χ2n) is 4.69. The lowest BCUT2D eigenvalue weighted by atomic mass is 10.2. The highest BCUT2D eigenvalue weighted by molar-refractivity contribution is 7.89. The second kappa shape index (κ2) is 7.37. The molecule has 0 spiro atoms. The first-order valence-electron chi connectivity index (χ1n) is 6.55. The Balaban J connectivity index is 1.95. The molecule has 0 fully saturated rings. The predicted molar refractivity (Wildman–Crippen MR) is 81.3 cm³/mol. The minimum atomic E-state index is -4.42. The zero-order valence-corrected chi connectivity index (χ0v) is 13.6. The molecule has 1 aromatic carbocycles. The van der Waals surface area contributed by atoms with Gasteiger partial charge in [-0.1, -0.05) is 23.7 Å². The van der Waals surface area contributed by atoms with Crippen LogP contribution in [0.4, 0.5) is 13.2 Å². The van der Waals surface area contributed by atoms with Crippen LogP contribution in [0.2, 0.25) is 5.15 Å². The lowest BCUT2D eigenvalue weighted by molar-refractivity contribution is -0.153. The van der Waals surface area contributed by atoms with E-state index in [0.717, 1.165) is 6.20 Å². The summed E-state index contributed by atoms with van der Waals surface area (Å²) < 4.78 is 67.2. The Bertz CT molecular complexity index is 778. The summed E-state index contributed by atoms with van der Waals surface area (Å²) in [5, 5.41) is 0.170. The van der Waals surface area contributed by atoms with Gasteiger partial charge in [-0.25, -0.2) is 18.1 Å². The fraction of sp³-hybridized carbons (Fsp3) is 0.214. The van der Waals surface area contributed by atoms with Crippen molar-refractivity contribution in [1.82, 2.24) is 9.71 Å². The standard InChI is InChI=1S/C14H12ClF3N2O3S/c15-13-6-5-12(8-19-13)24(21,22)20-7-10-1-3-11(4-2-10)23-9-14(16,17)18/h1-6,8,20H,7,9H2. The number of halogens is 4. The maximum absolute atomic E-state index is 12.1. The van der Waals surface area contributed by atoms with Crippen LogP contribution in [0.5, 0.6) is 5.75 Å². The molecule has 0 aliphatic carbocycles. The molecule has 10 heteroatoms. The summed E-state index contributed by atoms with van der Waals surface area (Å²) in [4.78, 5) is 3.65. The molecule has 1 heterocycles. The van der Waals surface area contributed by atoms with E-state index in [0.29, 0.717) is 5.56 Å². The van der Waals surface area contributed by atoms with Crippen LogP contribution in [-0.4, -0.2) is 26.2 Å². The molecular weight excluding hydrogens is 369 g/mol. The molecule has 24 heavy (non-hydrogen) atoms. The van der Waals surface area contributed by atoms with E-state index in [9.17, 15) is 21.6 Å². The van der Waals surface area contributed by atoms with Gasteiger partial charge in [-0.2, -0.15) is 13.2 Å². The zero-order valence-electron chi connectivity index (χ0n) is 12.0. The molecule has 5 nitrogen and oxygen atoms in total. The molecule has 130 valence electrons. The quantitative estimate of drug-likeness (QED) is 0.782. The van der Waals surface area contributed by atoms with Crippen LogP contribution in [0.25, 0.3) is 0 Å². The molecule has 2 aromatic rings. The number of nitrogens with zero attached hydrogens (tertiary/aromatic N) is 1. The van der Waals surface area contributed by atoms with Gasteiger partial charge < -0.3 is 4.74 Å². The number of pyridine rings is 1. The molecule has 1 aromatic heterocycles. The number of rotatable bonds is 6. The summed E-state index contributed by atoms with van der Waals surface area (Å²) in [5.41, 5.74) is 0.555. The normalized spacial score (nSPS) is 12.2. The van der Waals surface area contributed by atoms with Crippen LogP contribution < -0.4 is 9.46 Å². The van der Waals surface area contributed by atoms with E-state index in [1.54, 1.807) is 0 Å². The number of hydrogen-bond donors (Lipinski definition) is 1. The fourth-order valence-corrected chi connectivity index (χ4v) is 2.73. The van der Waals surface area contributed by atoms with E-state index in [1.165, 1.54) is 36.4 Å². The monoisotopic (exact) mass is 380 g/mol. The molecule has 0 radical (unpaired) electrons. The maximum Gasteiger partial charge on any atom is 0.422 e. The SMILES string of the molecule is O=S(=O)(NCc1ccc(OCC(F)(F)F)cc1)c1ccc(Cl)nc1. The third-order valence-corrected chi connectivity index (χ3v) is 4.41. The maximum atomic E-state index is 12.1. The van der Waals surface area contributed by atoms with Crippen molar-refractivity contribution in [3.63, 3.8) is 0 Å². The molecule has 0 amide bonds. The van der Waals surface area contributed by atoms with E-state index < -0.39 is 22.8 Å². The van der Waals surface area contributed by atoms with Gasteiger partial charge in [-0.05, 0) is 29.8 Å². The Morgan fingerprint density at radius 2 is 1.79 bits per heavy atom. The fourth-order valence-electron chi connectivity index (χ4n) is 1.65. The molecular formula is C14H12ClF3N2O3S. The number of nitrogens with one attached hydrogen (secondary N) is 1. The summed E-state index contributed by atoms with van der Waals surface area (Å²) in [6.07, 6.45) is -3.29. The number of aromatic nitrogens is 1. The molecule has 0 atom stereocenters. The first-order chi connectivity index (χ1) is 11.2. The van der Waals surface area contributed by atoms with E-state index in [-0.39, 0.29) is 22.3 Å².